The number of para-hydroxylation sites is 1. The average molecular weight is 280 g/mol. The first kappa shape index (κ1) is 14.9. The molecule has 0 aliphatic heterocycles. The van der Waals surface area contributed by atoms with Gasteiger partial charge in [0.2, 0.25) is 0 Å². The van der Waals surface area contributed by atoms with Crippen LogP contribution < -0.4 is 10.2 Å². The third kappa shape index (κ3) is 3.96. The summed E-state index contributed by atoms with van der Waals surface area (Å²) in [5.41, 5.74) is 2.58. The van der Waals surface area contributed by atoms with Gasteiger partial charge < -0.3 is 10.2 Å². The molecule has 0 saturated heterocycles. The van der Waals surface area contributed by atoms with Gasteiger partial charge in [-0.05, 0) is 30.7 Å². The summed E-state index contributed by atoms with van der Waals surface area (Å²) in [5.74, 6) is 0.899. The number of aromatic nitrogens is 1. The van der Waals surface area contributed by atoms with E-state index in [0.717, 1.165) is 30.2 Å². The summed E-state index contributed by atoms with van der Waals surface area (Å²) in [4.78, 5) is 6.64. The summed E-state index contributed by atoms with van der Waals surface area (Å²) in [7, 11) is 1.98. The van der Waals surface area contributed by atoms with E-state index < -0.39 is 0 Å². The number of hydrogen-bond acceptors (Lipinski definition) is 4. The first-order chi connectivity index (χ1) is 10.2. The molecule has 0 fully saturated rings. The smallest absolute Gasteiger partial charge is 0.126 e. The van der Waals surface area contributed by atoms with Crippen LogP contribution in [-0.2, 0) is 6.54 Å². The predicted molar refractivity (Wildman–Crippen MR) is 86.3 cm³/mol. The van der Waals surface area contributed by atoms with Crippen LogP contribution in [0.1, 0.15) is 24.6 Å². The molecule has 0 saturated carbocycles. The van der Waals surface area contributed by atoms with Gasteiger partial charge in [0.25, 0.3) is 0 Å². The summed E-state index contributed by atoms with van der Waals surface area (Å²) in [6.45, 7) is 3.72. The Hall–Kier alpha value is -2.54. The first-order valence-corrected chi connectivity index (χ1v) is 7.14. The Morgan fingerprint density at radius 3 is 2.76 bits per heavy atom. The number of rotatable bonds is 6. The standard InChI is InChI=1S/C17H20N4/c1-3-11-19-17-10-6-8-15(20-17)13-21(2)16-9-5-4-7-14(16)12-18/h4-10H,3,11,13H2,1-2H3,(H,19,20). The molecule has 21 heavy (non-hydrogen) atoms. The van der Waals surface area contributed by atoms with Crippen molar-refractivity contribution in [3.05, 3.63) is 53.7 Å². The Bertz CT molecular complexity index is 631. The van der Waals surface area contributed by atoms with Crippen molar-refractivity contribution >= 4 is 11.5 Å². The van der Waals surface area contributed by atoms with E-state index in [9.17, 15) is 5.26 Å². The van der Waals surface area contributed by atoms with Crippen LogP contribution >= 0.6 is 0 Å². The maximum Gasteiger partial charge on any atom is 0.126 e. The van der Waals surface area contributed by atoms with Crippen molar-refractivity contribution in [2.75, 3.05) is 23.8 Å². The molecule has 4 nitrogen and oxygen atoms in total. The molecule has 0 spiro atoms. The van der Waals surface area contributed by atoms with E-state index in [0.29, 0.717) is 12.1 Å². The number of benzene rings is 1. The maximum atomic E-state index is 9.17. The van der Waals surface area contributed by atoms with Crippen molar-refractivity contribution in [1.29, 1.82) is 5.26 Å². The largest absolute Gasteiger partial charge is 0.370 e. The number of nitrogens with zero attached hydrogens (tertiary/aromatic N) is 3. The number of pyridine rings is 1. The molecule has 0 unspecified atom stereocenters. The van der Waals surface area contributed by atoms with E-state index in [2.05, 4.69) is 23.3 Å². The summed E-state index contributed by atoms with van der Waals surface area (Å²) in [6.07, 6.45) is 1.07. The Morgan fingerprint density at radius 2 is 2.00 bits per heavy atom. The molecule has 2 rings (SSSR count). The molecule has 108 valence electrons. The highest BCUT2D eigenvalue weighted by Crippen LogP contribution is 2.20. The molecule has 0 aliphatic rings. The van der Waals surface area contributed by atoms with Gasteiger partial charge >= 0.3 is 0 Å². The zero-order chi connectivity index (χ0) is 15.1. The lowest BCUT2D eigenvalue weighted by Crippen LogP contribution is -2.18. The van der Waals surface area contributed by atoms with Crippen molar-refractivity contribution in [3.8, 4) is 6.07 Å². The maximum absolute atomic E-state index is 9.17. The predicted octanol–water partition coefficient (Wildman–Crippen LogP) is 3.41. The fraction of sp³-hybridized carbons (Fsp3) is 0.294. The van der Waals surface area contributed by atoms with Crippen LogP contribution in [0, 0.1) is 11.3 Å². The van der Waals surface area contributed by atoms with E-state index in [1.165, 1.54) is 0 Å². The van der Waals surface area contributed by atoms with Gasteiger partial charge in [0, 0.05) is 13.6 Å². The number of hydrogen-bond donors (Lipinski definition) is 1. The molecule has 0 bridgehead atoms. The minimum Gasteiger partial charge on any atom is -0.370 e. The lowest BCUT2D eigenvalue weighted by Gasteiger charge is -2.20. The number of anilines is 2. The molecule has 0 atom stereocenters. The summed E-state index contributed by atoms with van der Waals surface area (Å²) in [5, 5.41) is 12.5. The first-order valence-electron chi connectivity index (χ1n) is 7.14. The quantitative estimate of drug-likeness (QED) is 0.881. The lowest BCUT2D eigenvalue weighted by atomic mass is 10.1. The monoisotopic (exact) mass is 280 g/mol. The van der Waals surface area contributed by atoms with Crippen LogP contribution in [0.4, 0.5) is 11.5 Å². The minimum atomic E-state index is 0.667. The molecule has 0 amide bonds. The van der Waals surface area contributed by atoms with Gasteiger partial charge in [0.15, 0.2) is 0 Å². The van der Waals surface area contributed by atoms with Gasteiger partial charge in [-0.2, -0.15) is 5.26 Å². The summed E-state index contributed by atoms with van der Waals surface area (Å²) < 4.78 is 0. The van der Waals surface area contributed by atoms with E-state index in [4.69, 9.17) is 0 Å². The van der Waals surface area contributed by atoms with Gasteiger partial charge in [-0.1, -0.05) is 25.1 Å². The van der Waals surface area contributed by atoms with Crippen molar-refractivity contribution in [2.24, 2.45) is 0 Å². The topological polar surface area (TPSA) is 52.0 Å². The Kier molecular flexibility index (Phi) is 5.16. The van der Waals surface area contributed by atoms with Crippen molar-refractivity contribution in [1.82, 2.24) is 4.98 Å². The van der Waals surface area contributed by atoms with E-state index in [1.807, 2.05) is 54.4 Å². The van der Waals surface area contributed by atoms with Gasteiger partial charge in [-0.3, -0.25) is 0 Å². The highest BCUT2D eigenvalue weighted by Gasteiger charge is 2.08. The third-order valence-corrected chi connectivity index (χ3v) is 3.20. The molecule has 1 aromatic heterocycles. The SMILES string of the molecule is CCCNc1cccc(CN(C)c2ccccc2C#N)n1. The second-order valence-electron chi connectivity index (χ2n) is 4.93. The van der Waals surface area contributed by atoms with Gasteiger partial charge in [-0.15, -0.1) is 0 Å². The van der Waals surface area contributed by atoms with E-state index in [1.54, 1.807) is 0 Å². The summed E-state index contributed by atoms with van der Waals surface area (Å²) in [6, 6.07) is 15.8. The van der Waals surface area contributed by atoms with Crippen LogP contribution in [0.25, 0.3) is 0 Å². The highest BCUT2D eigenvalue weighted by atomic mass is 15.1. The zero-order valence-corrected chi connectivity index (χ0v) is 12.5. The second kappa shape index (κ2) is 7.30. The van der Waals surface area contributed by atoms with Crippen molar-refractivity contribution in [2.45, 2.75) is 19.9 Å². The molecule has 4 heteroatoms. The van der Waals surface area contributed by atoms with Gasteiger partial charge in [0.05, 0.1) is 23.5 Å². The number of nitrogens with one attached hydrogen (secondary N) is 1. The fourth-order valence-corrected chi connectivity index (χ4v) is 2.15. The Morgan fingerprint density at radius 1 is 1.19 bits per heavy atom. The lowest BCUT2D eigenvalue weighted by molar-refractivity contribution is 0.879. The van der Waals surface area contributed by atoms with Crippen LogP contribution in [0.15, 0.2) is 42.5 Å². The fourth-order valence-electron chi connectivity index (χ4n) is 2.15. The zero-order valence-electron chi connectivity index (χ0n) is 12.5. The van der Waals surface area contributed by atoms with Crippen LogP contribution in [0.3, 0.4) is 0 Å². The second-order valence-corrected chi connectivity index (χ2v) is 4.93. The Labute approximate surface area is 126 Å². The molecule has 1 N–H and O–H groups in total. The molecule has 0 aliphatic carbocycles. The van der Waals surface area contributed by atoms with Crippen molar-refractivity contribution in [3.63, 3.8) is 0 Å². The third-order valence-electron chi connectivity index (χ3n) is 3.20. The van der Waals surface area contributed by atoms with Crippen molar-refractivity contribution < 1.29 is 0 Å². The normalized spacial score (nSPS) is 9.95. The molecule has 2 aromatic rings. The molecule has 0 radical (unpaired) electrons. The molecular weight excluding hydrogens is 260 g/mol. The molecule has 1 heterocycles. The van der Waals surface area contributed by atoms with Gasteiger partial charge in [0.1, 0.15) is 11.9 Å². The van der Waals surface area contributed by atoms with E-state index in [-0.39, 0.29) is 0 Å². The number of nitriles is 1. The molecule has 1 aromatic carbocycles. The molecular formula is C17H20N4. The van der Waals surface area contributed by atoms with Crippen LogP contribution in [-0.4, -0.2) is 18.6 Å². The Balaban J connectivity index is 2.12. The van der Waals surface area contributed by atoms with Gasteiger partial charge in [-0.25, -0.2) is 4.98 Å². The summed E-state index contributed by atoms with van der Waals surface area (Å²) >= 11 is 0. The minimum absolute atomic E-state index is 0.667. The van der Waals surface area contributed by atoms with Crippen LogP contribution in [0.2, 0.25) is 0 Å². The van der Waals surface area contributed by atoms with E-state index >= 15 is 0 Å². The van der Waals surface area contributed by atoms with Crippen LogP contribution in [0.5, 0.6) is 0 Å². The average Bonchev–Trinajstić information content (AvgIpc) is 2.53. The highest BCUT2D eigenvalue weighted by molar-refractivity contribution is 5.58.